The van der Waals surface area contributed by atoms with Gasteiger partial charge in [-0.2, -0.15) is 65.9 Å². The Balaban J connectivity index is 1.45. The monoisotopic (exact) mass is 928 g/mol. The third kappa shape index (κ3) is 12.1. The normalized spacial score (nSPS) is 13.6. The standard InChI is InChI=1S/C41H39F15O7/c1-3-4-5-7-10-25(2)61-32(57)26-13-19-30(20-14-26)63-34(59)28-15-21-31(22-16-28)62-33(58)27-11-17-29(18-12-27)60-24-9-6-8-23-35(42,43)36(44,45)37(46,47)38(48,49)39(50,51)40(52,53)41(54,55)56/h11-22,25H,3-10,23-24H2,1-2H3. The van der Waals surface area contributed by atoms with Crippen LogP contribution in [0.3, 0.4) is 0 Å². The summed E-state index contributed by atoms with van der Waals surface area (Å²) < 4.78 is 222. The number of carbonyl (C=O) groups is 3. The summed E-state index contributed by atoms with van der Waals surface area (Å²) in [6, 6.07) is 15.8. The van der Waals surface area contributed by atoms with E-state index in [2.05, 4.69) is 6.92 Å². The summed E-state index contributed by atoms with van der Waals surface area (Å²) in [6.45, 7) is 3.52. The summed E-state index contributed by atoms with van der Waals surface area (Å²) in [5.41, 5.74) is 0.324. The van der Waals surface area contributed by atoms with Crippen molar-refractivity contribution in [3.05, 3.63) is 89.5 Å². The number of halogens is 15. The first-order chi connectivity index (χ1) is 29.0. The molecule has 0 spiro atoms. The molecule has 350 valence electrons. The molecule has 0 radical (unpaired) electrons. The molecule has 3 aromatic carbocycles. The minimum atomic E-state index is -8.32. The Labute approximate surface area is 349 Å². The summed E-state index contributed by atoms with van der Waals surface area (Å²) in [6.07, 6.45) is -7.51. The number of benzene rings is 3. The van der Waals surface area contributed by atoms with E-state index < -0.39 is 78.9 Å². The molecule has 0 aliphatic heterocycles. The maximum atomic E-state index is 14.1. The first-order valence-corrected chi connectivity index (χ1v) is 19.0. The molecule has 0 N–H and O–H groups in total. The van der Waals surface area contributed by atoms with E-state index in [0.29, 0.717) is 0 Å². The predicted molar refractivity (Wildman–Crippen MR) is 193 cm³/mol. The number of carbonyl (C=O) groups excluding carboxylic acids is 3. The second-order valence-electron chi connectivity index (χ2n) is 14.2. The average Bonchev–Trinajstić information content (AvgIpc) is 3.20. The molecule has 0 saturated carbocycles. The molecule has 0 aliphatic rings. The summed E-state index contributed by atoms with van der Waals surface area (Å²) in [4.78, 5) is 37.7. The van der Waals surface area contributed by atoms with E-state index in [4.69, 9.17) is 18.9 Å². The van der Waals surface area contributed by atoms with Gasteiger partial charge in [0.25, 0.3) is 0 Å². The summed E-state index contributed by atoms with van der Waals surface area (Å²) in [5, 5.41) is 0. The lowest BCUT2D eigenvalue weighted by atomic mass is 9.89. The Kier molecular flexibility index (Phi) is 17.0. The van der Waals surface area contributed by atoms with Gasteiger partial charge in [0.15, 0.2) is 0 Å². The largest absolute Gasteiger partial charge is 0.494 e. The van der Waals surface area contributed by atoms with E-state index >= 15 is 0 Å². The molecule has 3 aromatic rings. The fourth-order valence-electron chi connectivity index (χ4n) is 5.48. The lowest BCUT2D eigenvalue weighted by Crippen LogP contribution is -2.72. The summed E-state index contributed by atoms with van der Waals surface area (Å²) in [7, 11) is 0. The van der Waals surface area contributed by atoms with Crippen LogP contribution in [0.2, 0.25) is 0 Å². The minimum absolute atomic E-state index is 0.0149. The van der Waals surface area contributed by atoms with E-state index in [9.17, 15) is 80.2 Å². The molecule has 0 aromatic heterocycles. The number of hydrogen-bond acceptors (Lipinski definition) is 7. The van der Waals surface area contributed by atoms with Crippen LogP contribution in [-0.2, 0) is 4.74 Å². The first kappa shape index (κ1) is 52.2. The van der Waals surface area contributed by atoms with Crippen LogP contribution in [0.15, 0.2) is 72.8 Å². The summed E-state index contributed by atoms with van der Waals surface area (Å²) in [5.74, 6) is -48.5. The Morgan fingerprint density at radius 1 is 0.476 bits per heavy atom. The average molecular weight is 929 g/mol. The van der Waals surface area contributed by atoms with E-state index in [1.165, 1.54) is 72.8 Å². The van der Waals surface area contributed by atoms with Gasteiger partial charge in [0.1, 0.15) is 17.2 Å². The van der Waals surface area contributed by atoms with Crippen LogP contribution < -0.4 is 14.2 Å². The highest BCUT2D eigenvalue weighted by atomic mass is 19.4. The van der Waals surface area contributed by atoms with Crippen molar-refractivity contribution in [3.8, 4) is 17.2 Å². The highest BCUT2D eigenvalue weighted by molar-refractivity contribution is 5.93. The smallest absolute Gasteiger partial charge is 0.460 e. The lowest BCUT2D eigenvalue weighted by Gasteiger charge is -2.41. The van der Waals surface area contributed by atoms with Gasteiger partial charge >= 0.3 is 59.6 Å². The van der Waals surface area contributed by atoms with Gasteiger partial charge in [-0.25, -0.2) is 14.4 Å². The number of alkyl halides is 15. The highest BCUT2D eigenvalue weighted by Crippen LogP contribution is 2.62. The van der Waals surface area contributed by atoms with Crippen molar-refractivity contribution in [1.82, 2.24) is 0 Å². The fourth-order valence-corrected chi connectivity index (χ4v) is 5.48. The minimum Gasteiger partial charge on any atom is -0.494 e. The molecular formula is C41H39F15O7. The Bertz CT molecular complexity index is 1970. The van der Waals surface area contributed by atoms with Crippen LogP contribution in [0, 0.1) is 0 Å². The molecule has 22 heteroatoms. The van der Waals surface area contributed by atoms with Crippen LogP contribution in [-0.4, -0.2) is 72.3 Å². The lowest BCUT2D eigenvalue weighted by molar-refractivity contribution is -0.452. The van der Waals surface area contributed by atoms with E-state index in [-0.39, 0.29) is 53.1 Å². The van der Waals surface area contributed by atoms with Crippen LogP contribution in [0.25, 0.3) is 0 Å². The van der Waals surface area contributed by atoms with Gasteiger partial charge in [-0.05, 0) is 112 Å². The SMILES string of the molecule is CCCCCCC(C)OC(=O)c1ccc(OC(=O)c2ccc(OC(=O)c3ccc(OCCCCCC(F)(F)C(F)(F)C(F)(F)C(F)(F)C(F)(F)C(F)(F)C(F)(F)F)cc3)cc2)cc1. The van der Waals surface area contributed by atoms with Crippen LogP contribution in [0.1, 0.15) is 103 Å². The van der Waals surface area contributed by atoms with Crippen molar-refractivity contribution in [2.24, 2.45) is 0 Å². The summed E-state index contributed by atoms with van der Waals surface area (Å²) >= 11 is 0. The van der Waals surface area contributed by atoms with E-state index in [0.717, 1.165) is 32.1 Å². The number of hydrogen-bond donors (Lipinski definition) is 0. The van der Waals surface area contributed by atoms with Crippen molar-refractivity contribution >= 4 is 17.9 Å². The zero-order valence-corrected chi connectivity index (χ0v) is 33.1. The van der Waals surface area contributed by atoms with Crippen molar-refractivity contribution in [3.63, 3.8) is 0 Å². The third-order valence-corrected chi connectivity index (χ3v) is 9.26. The van der Waals surface area contributed by atoms with Crippen LogP contribution in [0.4, 0.5) is 65.9 Å². The quantitative estimate of drug-likeness (QED) is 0.0405. The van der Waals surface area contributed by atoms with Crippen LogP contribution in [0.5, 0.6) is 17.2 Å². The zero-order valence-electron chi connectivity index (χ0n) is 33.1. The zero-order chi connectivity index (χ0) is 47.7. The Hall–Kier alpha value is -5.18. The molecule has 1 atom stereocenters. The molecule has 0 amide bonds. The van der Waals surface area contributed by atoms with Gasteiger partial charge in [0, 0.05) is 6.42 Å². The number of esters is 3. The molecule has 63 heavy (non-hydrogen) atoms. The molecule has 7 nitrogen and oxygen atoms in total. The molecule has 0 aliphatic carbocycles. The topological polar surface area (TPSA) is 88.1 Å². The molecular weight excluding hydrogens is 889 g/mol. The maximum Gasteiger partial charge on any atom is 0.460 e. The van der Waals surface area contributed by atoms with Crippen molar-refractivity contribution < 1.29 is 99.2 Å². The first-order valence-electron chi connectivity index (χ1n) is 19.0. The highest BCUT2D eigenvalue weighted by Gasteiger charge is 2.93. The van der Waals surface area contributed by atoms with E-state index in [1.54, 1.807) is 0 Å². The van der Waals surface area contributed by atoms with E-state index in [1.807, 2.05) is 6.92 Å². The molecule has 0 bridgehead atoms. The molecule has 0 fully saturated rings. The predicted octanol–water partition coefficient (Wildman–Crippen LogP) is 13.0. The van der Waals surface area contributed by atoms with Gasteiger partial charge in [-0.1, -0.05) is 26.2 Å². The number of ether oxygens (including phenoxy) is 4. The molecule has 3 rings (SSSR count). The molecule has 0 heterocycles. The molecule has 0 saturated heterocycles. The van der Waals surface area contributed by atoms with Gasteiger partial charge in [0.2, 0.25) is 0 Å². The van der Waals surface area contributed by atoms with Crippen molar-refractivity contribution in [2.45, 2.75) is 119 Å². The van der Waals surface area contributed by atoms with Gasteiger partial charge in [0.05, 0.1) is 29.4 Å². The molecule has 1 unspecified atom stereocenters. The number of unbranched alkanes of at least 4 members (excludes halogenated alkanes) is 5. The van der Waals surface area contributed by atoms with Gasteiger partial charge in [-0.15, -0.1) is 0 Å². The van der Waals surface area contributed by atoms with Crippen LogP contribution >= 0.6 is 0 Å². The van der Waals surface area contributed by atoms with Crippen molar-refractivity contribution in [2.75, 3.05) is 6.61 Å². The maximum absolute atomic E-state index is 14.1. The van der Waals surface area contributed by atoms with Gasteiger partial charge in [-0.3, -0.25) is 0 Å². The fraction of sp³-hybridized carbons (Fsp3) is 0.488. The number of rotatable bonds is 23. The second-order valence-corrected chi connectivity index (χ2v) is 14.2. The third-order valence-electron chi connectivity index (χ3n) is 9.26. The van der Waals surface area contributed by atoms with Crippen molar-refractivity contribution in [1.29, 1.82) is 0 Å². The Morgan fingerprint density at radius 2 is 0.873 bits per heavy atom. The van der Waals surface area contributed by atoms with Gasteiger partial charge < -0.3 is 18.9 Å². The Morgan fingerprint density at radius 3 is 1.32 bits per heavy atom. The second kappa shape index (κ2) is 20.5.